The second-order valence-electron chi connectivity index (χ2n) is 6.55. The zero-order valence-electron chi connectivity index (χ0n) is 14.8. The Labute approximate surface area is 153 Å². The first-order chi connectivity index (χ1) is 12.8. The number of benzene rings is 3. The summed E-state index contributed by atoms with van der Waals surface area (Å²) < 4.78 is 5.84. The molecule has 26 heavy (non-hydrogen) atoms. The number of rotatable bonds is 5. The Bertz CT molecular complexity index is 884. The van der Waals surface area contributed by atoms with E-state index < -0.39 is 0 Å². The highest BCUT2D eigenvalue weighted by Gasteiger charge is 2.23. The molecule has 1 aliphatic heterocycles. The maximum Gasteiger partial charge on any atom is 0.158 e. The van der Waals surface area contributed by atoms with E-state index in [1.807, 2.05) is 30.3 Å². The summed E-state index contributed by atoms with van der Waals surface area (Å²) in [4.78, 5) is 5.65. The lowest BCUT2D eigenvalue weighted by Crippen LogP contribution is -2.02. The summed E-state index contributed by atoms with van der Waals surface area (Å²) in [5.74, 6) is 0.857. The van der Waals surface area contributed by atoms with Gasteiger partial charge in [0.2, 0.25) is 0 Å². The molecule has 1 atom stereocenters. The quantitative estimate of drug-likeness (QED) is 0.617. The lowest BCUT2D eigenvalue weighted by atomic mass is 10.00. The monoisotopic (exact) mass is 343 g/mol. The molecule has 3 aromatic carbocycles. The summed E-state index contributed by atoms with van der Waals surface area (Å²) in [6.07, 6.45) is 0.752. The van der Waals surface area contributed by atoms with Crippen LogP contribution in [-0.2, 0) is 11.4 Å². The van der Waals surface area contributed by atoms with E-state index >= 15 is 0 Å². The first kappa shape index (κ1) is 16.4. The van der Waals surface area contributed by atoms with Crippen LogP contribution in [0.3, 0.4) is 0 Å². The predicted octanol–water partition coefficient (Wildman–Crippen LogP) is 5.44. The molecule has 0 saturated heterocycles. The summed E-state index contributed by atoms with van der Waals surface area (Å²) in [6.45, 7) is 2.65. The molecule has 1 heterocycles. The van der Waals surface area contributed by atoms with E-state index in [4.69, 9.17) is 9.57 Å². The van der Waals surface area contributed by atoms with Gasteiger partial charge in [0, 0.05) is 6.42 Å². The lowest BCUT2D eigenvalue weighted by Gasteiger charge is -2.10. The molecule has 0 N–H and O–H groups in total. The second-order valence-corrected chi connectivity index (χ2v) is 6.55. The van der Waals surface area contributed by atoms with Crippen LogP contribution in [0.1, 0.15) is 34.8 Å². The van der Waals surface area contributed by atoms with Crippen molar-refractivity contribution in [3.8, 4) is 5.75 Å². The molecule has 3 heteroatoms. The SMILES string of the molecule is Cc1ccc(C2=NOC(c3ccc(OCc4ccccc4)cc3)C2)cc1. The third-order valence-electron chi connectivity index (χ3n) is 4.55. The summed E-state index contributed by atoms with van der Waals surface area (Å²) in [6, 6.07) is 26.7. The van der Waals surface area contributed by atoms with Gasteiger partial charge in [0.15, 0.2) is 6.10 Å². The Hall–Kier alpha value is -3.07. The van der Waals surface area contributed by atoms with Gasteiger partial charge >= 0.3 is 0 Å². The molecule has 1 aliphatic rings. The van der Waals surface area contributed by atoms with Crippen LogP contribution in [0.15, 0.2) is 84.0 Å². The van der Waals surface area contributed by atoms with Crippen molar-refractivity contribution in [1.29, 1.82) is 0 Å². The number of hydrogen-bond acceptors (Lipinski definition) is 3. The zero-order chi connectivity index (χ0) is 17.8. The molecule has 0 aliphatic carbocycles. The Morgan fingerprint density at radius 3 is 2.38 bits per heavy atom. The Morgan fingerprint density at radius 1 is 0.923 bits per heavy atom. The van der Waals surface area contributed by atoms with Gasteiger partial charge in [-0.1, -0.05) is 77.4 Å². The molecule has 1 unspecified atom stereocenters. The third-order valence-corrected chi connectivity index (χ3v) is 4.55. The van der Waals surface area contributed by atoms with Crippen LogP contribution < -0.4 is 4.74 Å². The van der Waals surface area contributed by atoms with Crippen molar-refractivity contribution in [2.24, 2.45) is 5.16 Å². The van der Waals surface area contributed by atoms with Crippen LogP contribution in [-0.4, -0.2) is 5.71 Å². The number of hydrogen-bond donors (Lipinski definition) is 0. The van der Waals surface area contributed by atoms with Crippen LogP contribution in [0, 0.1) is 6.92 Å². The highest BCUT2D eigenvalue weighted by atomic mass is 16.6. The fourth-order valence-electron chi connectivity index (χ4n) is 2.99. The number of nitrogens with zero attached hydrogens (tertiary/aromatic N) is 1. The Balaban J connectivity index is 1.36. The number of aryl methyl sites for hydroxylation is 1. The third kappa shape index (κ3) is 3.77. The van der Waals surface area contributed by atoms with Crippen LogP contribution >= 0.6 is 0 Å². The van der Waals surface area contributed by atoms with Crippen molar-refractivity contribution in [2.75, 3.05) is 0 Å². The predicted molar refractivity (Wildman–Crippen MR) is 103 cm³/mol. The van der Waals surface area contributed by atoms with E-state index in [2.05, 4.69) is 60.6 Å². The average Bonchev–Trinajstić information content (AvgIpc) is 3.18. The van der Waals surface area contributed by atoms with E-state index in [1.54, 1.807) is 0 Å². The van der Waals surface area contributed by atoms with Gasteiger partial charge < -0.3 is 9.57 Å². The van der Waals surface area contributed by atoms with E-state index in [-0.39, 0.29) is 6.10 Å². The van der Waals surface area contributed by atoms with Gasteiger partial charge in [-0.15, -0.1) is 0 Å². The first-order valence-corrected chi connectivity index (χ1v) is 8.84. The standard InChI is InChI=1S/C23H21NO2/c1-17-7-9-19(10-8-17)22-15-23(26-24-22)20-11-13-21(14-12-20)25-16-18-5-3-2-4-6-18/h2-14,23H,15-16H2,1H3. The van der Waals surface area contributed by atoms with Crippen molar-refractivity contribution in [1.82, 2.24) is 0 Å². The molecule has 0 amide bonds. The van der Waals surface area contributed by atoms with Crippen LogP contribution in [0.2, 0.25) is 0 Å². The van der Waals surface area contributed by atoms with Crippen LogP contribution in [0.25, 0.3) is 0 Å². The minimum Gasteiger partial charge on any atom is -0.489 e. The Morgan fingerprint density at radius 2 is 1.65 bits per heavy atom. The molecule has 130 valence electrons. The van der Waals surface area contributed by atoms with E-state index in [0.717, 1.165) is 34.6 Å². The van der Waals surface area contributed by atoms with Gasteiger partial charge in [-0.25, -0.2) is 0 Å². The summed E-state index contributed by atoms with van der Waals surface area (Å²) >= 11 is 0. The van der Waals surface area contributed by atoms with Gasteiger partial charge in [0.05, 0.1) is 5.71 Å². The fraction of sp³-hybridized carbons (Fsp3) is 0.174. The molecule has 4 rings (SSSR count). The minimum absolute atomic E-state index is 0.0329. The molecule has 0 bridgehead atoms. The molecule has 0 spiro atoms. The van der Waals surface area contributed by atoms with Crippen molar-refractivity contribution in [2.45, 2.75) is 26.1 Å². The molecule has 0 radical (unpaired) electrons. The van der Waals surface area contributed by atoms with Gasteiger partial charge in [-0.2, -0.15) is 0 Å². The molecule has 0 saturated carbocycles. The highest BCUT2D eigenvalue weighted by molar-refractivity contribution is 6.01. The molecule has 0 aromatic heterocycles. The van der Waals surface area contributed by atoms with E-state index in [9.17, 15) is 0 Å². The van der Waals surface area contributed by atoms with Gasteiger partial charge in [0.25, 0.3) is 0 Å². The second kappa shape index (κ2) is 7.44. The molecule has 3 nitrogen and oxygen atoms in total. The van der Waals surface area contributed by atoms with E-state index in [1.165, 1.54) is 5.56 Å². The highest BCUT2D eigenvalue weighted by Crippen LogP contribution is 2.30. The number of oxime groups is 1. The molecule has 0 fully saturated rings. The van der Waals surface area contributed by atoms with Crippen LogP contribution in [0.5, 0.6) is 5.75 Å². The maximum atomic E-state index is 5.84. The van der Waals surface area contributed by atoms with Crippen LogP contribution in [0.4, 0.5) is 0 Å². The smallest absolute Gasteiger partial charge is 0.158 e. The van der Waals surface area contributed by atoms with Crippen molar-refractivity contribution in [3.63, 3.8) is 0 Å². The van der Waals surface area contributed by atoms with Crippen molar-refractivity contribution >= 4 is 5.71 Å². The summed E-state index contributed by atoms with van der Waals surface area (Å²) in [7, 11) is 0. The number of ether oxygens (including phenoxy) is 1. The molecular formula is C23H21NO2. The van der Waals surface area contributed by atoms with Crippen molar-refractivity contribution < 1.29 is 9.57 Å². The molecule has 3 aromatic rings. The topological polar surface area (TPSA) is 30.8 Å². The normalized spacial score (nSPS) is 16.0. The summed E-state index contributed by atoms with van der Waals surface area (Å²) in [5, 5.41) is 4.28. The first-order valence-electron chi connectivity index (χ1n) is 8.84. The lowest BCUT2D eigenvalue weighted by molar-refractivity contribution is 0.0857. The zero-order valence-corrected chi connectivity index (χ0v) is 14.8. The van der Waals surface area contributed by atoms with Gasteiger partial charge in [-0.05, 0) is 35.7 Å². The van der Waals surface area contributed by atoms with Crippen molar-refractivity contribution in [3.05, 3.63) is 101 Å². The minimum atomic E-state index is -0.0329. The molecular weight excluding hydrogens is 322 g/mol. The largest absolute Gasteiger partial charge is 0.489 e. The summed E-state index contributed by atoms with van der Waals surface area (Å²) in [5.41, 5.74) is 5.64. The average molecular weight is 343 g/mol. The van der Waals surface area contributed by atoms with Gasteiger partial charge in [0.1, 0.15) is 12.4 Å². The van der Waals surface area contributed by atoms with Gasteiger partial charge in [-0.3, -0.25) is 0 Å². The Kier molecular flexibility index (Phi) is 4.69. The fourth-order valence-corrected chi connectivity index (χ4v) is 2.99. The maximum absolute atomic E-state index is 5.84. The van der Waals surface area contributed by atoms with E-state index in [0.29, 0.717) is 6.61 Å².